The summed E-state index contributed by atoms with van der Waals surface area (Å²) >= 11 is 0. The number of benzene rings is 1. The fraction of sp³-hybridized carbons (Fsp3) is 0.357. The molecule has 0 saturated heterocycles. The third-order valence-electron chi connectivity index (χ3n) is 2.33. The van der Waals surface area contributed by atoms with Crippen LogP contribution in [0.5, 0.6) is 5.75 Å². The molecule has 0 spiro atoms. The molecule has 3 nitrogen and oxygen atoms in total. The van der Waals surface area contributed by atoms with Crippen molar-refractivity contribution in [3.63, 3.8) is 0 Å². The van der Waals surface area contributed by atoms with Crippen LogP contribution < -0.4 is 10.1 Å². The summed E-state index contributed by atoms with van der Waals surface area (Å²) in [5.74, 6) is 0.648. The molecule has 1 rings (SSSR count). The summed E-state index contributed by atoms with van der Waals surface area (Å²) in [5, 5.41) is 3.07. The smallest absolute Gasteiger partial charge is 0.153 e. The van der Waals surface area contributed by atoms with Crippen molar-refractivity contribution in [3.05, 3.63) is 35.4 Å². The molecule has 0 saturated carbocycles. The number of carbonyl (C=O) groups is 1. The molecule has 92 valence electrons. The van der Waals surface area contributed by atoms with Gasteiger partial charge in [-0.2, -0.15) is 0 Å². The predicted octanol–water partition coefficient (Wildman–Crippen LogP) is 2.52. The van der Waals surface area contributed by atoms with E-state index < -0.39 is 0 Å². The van der Waals surface area contributed by atoms with Crippen LogP contribution in [-0.2, 0) is 0 Å². The minimum absolute atomic E-state index is 0.568. The van der Waals surface area contributed by atoms with E-state index in [9.17, 15) is 4.79 Å². The van der Waals surface area contributed by atoms with Crippen LogP contribution >= 0.6 is 0 Å². The Morgan fingerprint density at radius 1 is 1.41 bits per heavy atom. The molecule has 3 heteroatoms. The average Bonchev–Trinajstić information content (AvgIpc) is 2.36. The van der Waals surface area contributed by atoms with Gasteiger partial charge in [0.15, 0.2) is 6.29 Å². The second-order valence-electron chi connectivity index (χ2n) is 3.64. The third kappa shape index (κ3) is 4.41. The summed E-state index contributed by atoms with van der Waals surface area (Å²) in [7, 11) is 1.93. The molecule has 1 N–H and O–H groups in total. The number of ether oxygens (including phenoxy) is 1. The van der Waals surface area contributed by atoms with Gasteiger partial charge in [0, 0.05) is 0 Å². The maximum atomic E-state index is 10.9. The number of nitrogens with one attached hydrogen (secondary N) is 1. The molecular weight excluding hydrogens is 214 g/mol. The molecule has 0 aromatic heterocycles. The number of hydrogen-bond donors (Lipinski definition) is 1. The van der Waals surface area contributed by atoms with Crippen LogP contribution in [0.15, 0.2) is 24.3 Å². The van der Waals surface area contributed by atoms with Crippen LogP contribution in [0.1, 0.15) is 29.3 Å². The normalized spacial score (nSPS) is 10.7. The summed E-state index contributed by atoms with van der Waals surface area (Å²) in [6.45, 7) is 3.42. The van der Waals surface area contributed by atoms with Crippen LogP contribution in [0.4, 0.5) is 0 Å². The van der Waals surface area contributed by atoms with Gasteiger partial charge in [-0.05, 0) is 44.6 Å². The number of aldehydes is 1. The SMILES string of the molecule is CCOc1ccc(C=CCCNC)cc1C=O. The Kier molecular flexibility index (Phi) is 6.04. The van der Waals surface area contributed by atoms with Crippen molar-refractivity contribution in [2.24, 2.45) is 0 Å². The Labute approximate surface area is 102 Å². The van der Waals surface area contributed by atoms with E-state index in [1.165, 1.54) is 0 Å². The zero-order chi connectivity index (χ0) is 12.5. The lowest BCUT2D eigenvalue weighted by Crippen LogP contribution is -2.05. The molecule has 0 unspecified atom stereocenters. The zero-order valence-electron chi connectivity index (χ0n) is 10.4. The fourth-order valence-corrected chi connectivity index (χ4v) is 1.50. The Bertz CT molecular complexity index is 386. The molecule has 0 aliphatic heterocycles. The highest BCUT2D eigenvalue weighted by atomic mass is 16.5. The van der Waals surface area contributed by atoms with E-state index in [2.05, 4.69) is 11.4 Å². The minimum Gasteiger partial charge on any atom is -0.493 e. The van der Waals surface area contributed by atoms with E-state index in [4.69, 9.17) is 4.74 Å². The second-order valence-corrected chi connectivity index (χ2v) is 3.64. The molecular formula is C14H19NO2. The topological polar surface area (TPSA) is 38.3 Å². The van der Waals surface area contributed by atoms with Crippen molar-refractivity contribution < 1.29 is 9.53 Å². The van der Waals surface area contributed by atoms with Crippen molar-refractivity contribution in [2.45, 2.75) is 13.3 Å². The molecule has 0 fully saturated rings. The van der Waals surface area contributed by atoms with Crippen LogP contribution in [0.2, 0.25) is 0 Å². The van der Waals surface area contributed by atoms with Crippen molar-refractivity contribution in [3.8, 4) is 5.75 Å². The Morgan fingerprint density at radius 3 is 2.88 bits per heavy atom. The summed E-state index contributed by atoms with van der Waals surface area (Å²) < 4.78 is 5.36. The summed E-state index contributed by atoms with van der Waals surface area (Å²) in [6.07, 6.45) is 5.90. The van der Waals surface area contributed by atoms with Crippen molar-refractivity contribution in [2.75, 3.05) is 20.2 Å². The molecule has 0 aliphatic carbocycles. The monoisotopic (exact) mass is 233 g/mol. The van der Waals surface area contributed by atoms with Gasteiger partial charge in [-0.3, -0.25) is 4.79 Å². The van der Waals surface area contributed by atoms with Crippen LogP contribution in [0.25, 0.3) is 6.08 Å². The van der Waals surface area contributed by atoms with Gasteiger partial charge in [0.1, 0.15) is 5.75 Å². The standard InChI is InChI=1S/C14H19NO2/c1-3-17-14-8-7-12(10-13(14)11-16)6-4-5-9-15-2/h4,6-8,10-11,15H,3,5,9H2,1-2H3. The van der Waals surface area contributed by atoms with E-state index in [-0.39, 0.29) is 0 Å². The number of hydrogen-bond acceptors (Lipinski definition) is 3. The lowest BCUT2D eigenvalue weighted by Gasteiger charge is -2.06. The van der Waals surface area contributed by atoms with Crippen LogP contribution in [-0.4, -0.2) is 26.5 Å². The van der Waals surface area contributed by atoms with E-state index in [1.54, 1.807) is 0 Å². The van der Waals surface area contributed by atoms with Crippen molar-refractivity contribution in [1.29, 1.82) is 0 Å². The summed E-state index contributed by atoms with van der Waals surface area (Å²) in [6, 6.07) is 5.63. The lowest BCUT2D eigenvalue weighted by molar-refractivity contribution is 0.112. The molecule has 0 heterocycles. The molecule has 0 bridgehead atoms. The van der Waals surface area contributed by atoms with Crippen LogP contribution in [0.3, 0.4) is 0 Å². The molecule has 1 aromatic rings. The first-order chi connectivity index (χ1) is 8.31. The Morgan fingerprint density at radius 2 is 2.24 bits per heavy atom. The molecule has 0 aliphatic rings. The van der Waals surface area contributed by atoms with Gasteiger partial charge in [-0.15, -0.1) is 0 Å². The highest BCUT2D eigenvalue weighted by Gasteiger charge is 2.02. The van der Waals surface area contributed by atoms with Gasteiger partial charge in [0.2, 0.25) is 0 Å². The number of carbonyl (C=O) groups excluding carboxylic acids is 1. The highest BCUT2D eigenvalue weighted by Crippen LogP contribution is 2.19. The number of rotatable bonds is 7. The maximum absolute atomic E-state index is 10.9. The maximum Gasteiger partial charge on any atom is 0.153 e. The van der Waals surface area contributed by atoms with Gasteiger partial charge in [-0.1, -0.05) is 18.2 Å². The van der Waals surface area contributed by atoms with Crippen molar-refractivity contribution >= 4 is 12.4 Å². The quantitative estimate of drug-likeness (QED) is 0.581. The summed E-state index contributed by atoms with van der Waals surface area (Å²) in [4.78, 5) is 10.9. The predicted molar refractivity (Wildman–Crippen MR) is 70.6 cm³/mol. The fourth-order valence-electron chi connectivity index (χ4n) is 1.50. The molecule has 0 amide bonds. The largest absolute Gasteiger partial charge is 0.493 e. The van der Waals surface area contributed by atoms with E-state index in [0.29, 0.717) is 17.9 Å². The van der Waals surface area contributed by atoms with Gasteiger partial charge in [0.25, 0.3) is 0 Å². The third-order valence-corrected chi connectivity index (χ3v) is 2.33. The van der Waals surface area contributed by atoms with Gasteiger partial charge in [0.05, 0.1) is 12.2 Å². The first kappa shape index (κ1) is 13.5. The first-order valence-electron chi connectivity index (χ1n) is 5.85. The second kappa shape index (κ2) is 7.63. The van der Waals surface area contributed by atoms with E-state index >= 15 is 0 Å². The molecule has 0 atom stereocenters. The van der Waals surface area contributed by atoms with Gasteiger partial charge < -0.3 is 10.1 Å². The molecule has 17 heavy (non-hydrogen) atoms. The Hall–Kier alpha value is -1.61. The Balaban J connectivity index is 2.75. The summed E-state index contributed by atoms with van der Waals surface area (Å²) in [5.41, 5.74) is 1.62. The van der Waals surface area contributed by atoms with E-state index in [0.717, 1.165) is 24.8 Å². The minimum atomic E-state index is 0.568. The van der Waals surface area contributed by atoms with E-state index in [1.807, 2.05) is 38.2 Å². The molecule has 0 radical (unpaired) electrons. The zero-order valence-corrected chi connectivity index (χ0v) is 10.4. The van der Waals surface area contributed by atoms with Crippen LogP contribution in [0, 0.1) is 0 Å². The highest BCUT2D eigenvalue weighted by molar-refractivity contribution is 5.80. The average molecular weight is 233 g/mol. The molecule has 1 aromatic carbocycles. The lowest BCUT2D eigenvalue weighted by atomic mass is 10.1. The van der Waals surface area contributed by atoms with Gasteiger partial charge in [-0.25, -0.2) is 0 Å². The van der Waals surface area contributed by atoms with Crippen molar-refractivity contribution in [1.82, 2.24) is 5.32 Å². The van der Waals surface area contributed by atoms with Gasteiger partial charge >= 0.3 is 0 Å². The first-order valence-corrected chi connectivity index (χ1v) is 5.85.